The molecule has 0 saturated carbocycles. The number of nitrogens with zero attached hydrogens (tertiary/aromatic N) is 2. The van der Waals surface area contributed by atoms with Crippen LogP contribution in [0.25, 0.3) is 22.0 Å². The molecule has 0 aliphatic carbocycles. The number of aliphatic hydroxyl groups excluding tert-OH is 1. The minimum absolute atomic E-state index is 0.101. The quantitative estimate of drug-likeness (QED) is 0.677. The van der Waals surface area contributed by atoms with Crippen LogP contribution >= 0.6 is 0 Å². The third kappa shape index (κ3) is 4.17. The van der Waals surface area contributed by atoms with Crippen LogP contribution in [0.3, 0.4) is 0 Å². The van der Waals surface area contributed by atoms with E-state index in [0.717, 1.165) is 24.1 Å². The van der Waals surface area contributed by atoms with Crippen LogP contribution in [0.5, 0.6) is 0 Å². The van der Waals surface area contributed by atoms with Crippen molar-refractivity contribution in [2.24, 2.45) is 0 Å². The van der Waals surface area contributed by atoms with Gasteiger partial charge in [0.1, 0.15) is 5.82 Å². The molecule has 1 aromatic heterocycles. The van der Waals surface area contributed by atoms with E-state index in [-0.39, 0.29) is 36.2 Å². The van der Waals surface area contributed by atoms with Crippen LogP contribution in [0, 0.1) is 12.7 Å². The summed E-state index contributed by atoms with van der Waals surface area (Å²) in [6, 6.07) is 9.48. The fraction of sp³-hybridized carbons (Fsp3) is 0.348. The molecule has 2 atom stereocenters. The van der Waals surface area contributed by atoms with Crippen LogP contribution in [0.15, 0.2) is 47.5 Å². The first kappa shape index (κ1) is 20.4. The molecule has 3 aromatic rings. The first-order valence-electron chi connectivity index (χ1n) is 10.1. The Bertz CT molecular complexity index is 1160. The number of rotatable bonds is 5. The number of halogens is 1. The zero-order chi connectivity index (χ0) is 21.3. The minimum Gasteiger partial charge on any atom is -0.391 e. The average Bonchev–Trinajstić information content (AvgIpc) is 2.72. The molecule has 6 nitrogen and oxygen atoms in total. The van der Waals surface area contributed by atoms with Crippen LogP contribution in [-0.4, -0.2) is 39.1 Å². The number of Topliss-reactive ketones (excluding diaryl/α,β-unsaturated/α-hetero) is 1. The van der Waals surface area contributed by atoms with Crippen molar-refractivity contribution in [2.75, 3.05) is 6.54 Å². The molecule has 0 spiro atoms. The summed E-state index contributed by atoms with van der Waals surface area (Å²) >= 11 is 0. The number of hydrogen-bond acceptors (Lipinski definition) is 5. The summed E-state index contributed by atoms with van der Waals surface area (Å²) in [6.45, 7) is 2.52. The molecule has 2 aromatic carbocycles. The van der Waals surface area contributed by atoms with Crippen molar-refractivity contribution < 1.29 is 14.3 Å². The Morgan fingerprint density at radius 3 is 2.90 bits per heavy atom. The Balaban J connectivity index is 1.64. The second kappa shape index (κ2) is 8.45. The van der Waals surface area contributed by atoms with Gasteiger partial charge < -0.3 is 10.4 Å². The second-order valence-electron chi connectivity index (χ2n) is 7.89. The van der Waals surface area contributed by atoms with Crippen molar-refractivity contribution >= 4 is 16.7 Å². The zero-order valence-electron chi connectivity index (χ0n) is 16.8. The number of fused-ring (bicyclic) bond motifs is 1. The summed E-state index contributed by atoms with van der Waals surface area (Å²) in [6.07, 6.45) is 2.55. The highest BCUT2D eigenvalue weighted by atomic mass is 19.1. The normalized spacial score (nSPS) is 19.2. The van der Waals surface area contributed by atoms with Gasteiger partial charge in [0.25, 0.3) is 5.56 Å². The lowest BCUT2D eigenvalue weighted by Gasteiger charge is -2.28. The van der Waals surface area contributed by atoms with E-state index in [0.29, 0.717) is 22.9 Å². The maximum atomic E-state index is 13.6. The number of ketones is 1. The van der Waals surface area contributed by atoms with Gasteiger partial charge in [-0.1, -0.05) is 12.1 Å². The number of nitrogens with one attached hydrogen (secondary N) is 1. The Kier molecular flexibility index (Phi) is 5.74. The second-order valence-corrected chi connectivity index (χ2v) is 7.89. The van der Waals surface area contributed by atoms with Crippen molar-refractivity contribution in [3.63, 3.8) is 0 Å². The van der Waals surface area contributed by atoms with Gasteiger partial charge in [-0.25, -0.2) is 9.37 Å². The third-order valence-electron chi connectivity index (χ3n) is 5.62. The van der Waals surface area contributed by atoms with Gasteiger partial charge in [0, 0.05) is 12.5 Å². The number of aliphatic hydroxyl groups is 1. The molecule has 4 rings (SSSR count). The molecule has 1 aliphatic heterocycles. The summed E-state index contributed by atoms with van der Waals surface area (Å²) < 4.78 is 14.9. The highest BCUT2D eigenvalue weighted by Gasteiger charge is 2.25. The van der Waals surface area contributed by atoms with E-state index in [4.69, 9.17) is 0 Å². The molecular weight excluding hydrogens is 385 g/mol. The molecule has 0 bridgehead atoms. The number of aryl methyl sites for hydroxylation is 1. The van der Waals surface area contributed by atoms with Crippen LogP contribution in [0.1, 0.15) is 24.8 Å². The summed E-state index contributed by atoms with van der Waals surface area (Å²) in [5.41, 5.74) is 2.44. The number of piperidine rings is 1. The molecular formula is C23H24FN3O3. The molecule has 0 unspecified atom stereocenters. The zero-order valence-corrected chi connectivity index (χ0v) is 16.8. The number of carbonyl (C=O) groups excluding carboxylic acids is 1. The molecule has 1 fully saturated rings. The molecule has 1 aliphatic rings. The van der Waals surface area contributed by atoms with E-state index in [2.05, 4.69) is 10.3 Å². The Labute approximate surface area is 173 Å². The fourth-order valence-corrected chi connectivity index (χ4v) is 4.04. The van der Waals surface area contributed by atoms with Crippen LogP contribution in [-0.2, 0) is 11.3 Å². The van der Waals surface area contributed by atoms with Gasteiger partial charge in [0.05, 0.1) is 29.9 Å². The van der Waals surface area contributed by atoms with Gasteiger partial charge in [-0.3, -0.25) is 14.2 Å². The van der Waals surface area contributed by atoms with E-state index in [1.165, 1.54) is 23.0 Å². The number of benzene rings is 2. The molecule has 0 amide bonds. The Hall–Kier alpha value is -2.90. The van der Waals surface area contributed by atoms with E-state index >= 15 is 0 Å². The maximum absolute atomic E-state index is 13.6. The largest absolute Gasteiger partial charge is 0.391 e. The first-order valence-corrected chi connectivity index (χ1v) is 10.1. The van der Waals surface area contributed by atoms with Crippen LogP contribution < -0.4 is 10.9 Å². The number of hydrogen-bond donors (Lipinski definition) is 2. The lowest BCUT2D eigenvalue weighted by atomic mass is 9.97. The summed E-state index contributed by atoms with van der Waals surface area (Å²) in [5.74, 6) is -0.493. The summed E-state index contributed by atoms with van der Waals surface area (Å²) in [7, 11) is 0. The third-order valence-corrected chi connectivity index (χ3v) is 5.62. The van der Waals surface area contributed by atoms with Crippen LogP contribution in [0.4, 0.5) is 4.39 Å². The van der Waals surface area contributed by atoms with E-state index in [1.807, 2.05) is 13.0 Å². The summed E-state index contributed by atoms with van der Waals surface area (Å²) in [5, 5.41) is 13.6. The fourth-order valence-electron chi connectivity index (χ4n) is 4.04. The van der Waals surface area contributed by atoms with Gasteiger partial charge in [0.15, 0.2) is 5.78 Å². The number of aromatic nitrogens is 2. The lowest BCUT2D eigenvalue weighted by molar-refractivity contribution is -0.121. The van der Waals surface area contributed by atoms with E-state index < -0.39 is 6.10 Å². The monoisotopic (exact) mass is 409 g/mol. The van der Waals surface area contributed by atoms with Crippen LogP contribution in [0.2, 0.25) is 0 Å². The van der Waals surface area contributed by atoms with Gasteiger partial charge in [0.2, 0.25) is 0 Å². The predicted molar refractivity (Wildman–Crippen MR) is 113 cm³/mol. The van der Waals surface area contributed by atoms with Gasteiger partial charge in [-0.05, 0) is 67.3 Å². The van der Waals surface area contributed by atoms with Gasteiger partial charge >= 0.3 is 0 Å². The van der Waals surface area contributed by atoms with Crippen molar-refractivity contribution in [1.29, 1.82) is 0 Å². The average molecular weight is 409 g/mol. The smallest absolute Gasteiger partial charge is 0.261 e. The molecule has 0 radical (unpaired) electrons. The van der Waals surface area contributed by atoms with Crippen molar-refractivity contribution in [2.45, 2.75) is 44.9 Å². The standard InChI is InChI=1S/C23H24FN3O3/c1-14-8-16(15-4-2-5-17(24)9-15)10-19-22(14)26-13-27(23(19)30)12-18(28)11-20-21(29)6-3-7-25-20/h2,4-5,8-10,13,20-21,25,29H,3,6-7,11-12H2,1H3/t20-,21+/m1/s1. The molecule has 2 N–H and O–H groups in total. The highest BCUT2D eigenvalue weighted by Crippen LogP contribution is 2.25. The molecule has 2 heterocycles. The Morgan fingerprint density at radius 1 is 1.30 bits per heavy atom. The van der Waals surface area contributed by atoms with Crippen molar-refractivity contribution in [1.82, 2.24) is 14.9 Å². The minimum atomic E-state index is -0.550. The number of carbonyl (C=O) groups is 1. The van der Waals surface area contributed by atoms with Crippen molar-refractivity contribution in [3.05, 3.63) is 64.5 Å². The maximum Gasteiger partial charge on any atom is 0.261 e. The van der Waals surface area contributed by atoms with Gasteiger partial charge in [-0.2, -0.15) is 0 Å². The molecule has 7 heteroatoms. The molecule has 1 saturated heterocycles. The van der Waals surface area contributed by atoms with E-state index in [9.17, 15) is 19.1 Å². The Morgan fingerprint density at radius 2 is 2.13 bits per heavy atom. The SMILES string of the molecule is Cc1cc(-c2cccc(F)c2)cc2c(=O)n(CC(=O)C[C@H]3NCCC[C@@H]3O)cnc12. The molecule has 156 valence electrons. The molecule has 30 heavy (non-hydrogen) atoms. The van der Waals surface area contributed by atoms with Gasteiger partial charge in [-0.15, -0.1) is 0 Å². The first-order chi connectivity index (χ1) is 14.4. The van der Waals surface area contributed by atoms with Crippen molar-refractivity contribution in [3.8, 4) is 11.1 Å². The predicted octanol–water partition coefficient (Wildman–Crippen LogP) is 2.58. The highest BCUT2D eigenvalue weighted by molar-refractivity contribution is 5.87. The summed E-state index contributed by atoms with van der Waals surface area (Å²) in [4.78, 5) is 30.0. The topological polar surface area (TPSA) is 84.2 Å². The lowest BCUT2D eigenvalue weighted by Crippen LogP contribution is -2.46. The van der Waals surface area contributed by atoms with E-state index in [1.54, 1.807) is 18.2 Å².